The first-order valence-electron chi connectivity index (χ1n) is 10.2. The van der Waals surface area contributed by atoms with Crippen LogP contribution in [0.15, 0.2) is 121 Å². The van der Waals surface area contributed by atoms with Crippen LogP contribution in [0, 0.1) is 0 Å². The molecule has 5 aromatic rings. The first kappa shape index (κ1) is 19.8. The Hall–Kier alpha value is -3.12. The number of hydrogen-bond acceptors (Lipinski definition) is 1. The summed E-state index contributed by atoms with van der Waals surface area (Å²) in [6, 6.07) is 42.5. The first-order valence-corrected chi connectivity index (χ1v) is 12.5. The molecule has 31 heavy (non-hydrogen) atoms. The number of aromatic nitrogens is 1. The van der Waals surface area contributed by atoms with E-state index < -0.39 is 6.89 Å². The van der Waals surface area contributed by atoms with Gasteiger partial charge in [0.2, 0.25) is 0 Å². The minimum Gasteiger partial charge on any atom is -0.248 e. The van der Waals surface area contributed by atoms with Crippen molar-refractivity contribution in [3.8, 4) is 0 Å². The Balaban J connectivity index is 1.88. The molecule has 4 aromatic carbocycles. The predicted octanol–water partition coefficient (Wildman–Crippen LogP) is 6.03. The zero-order valence-corrected chi connectivity index (χ0v) is 18.5. The number of benzene rings is 4. The molecule has 0 aliphatic rings. The van der Waals surface area contributed by atoms with Gasteiger partial charge in [-0.1, -0.05) is 115 Å². The summed E-state index contributed by atoms with van der Waals surface area (Å²) in [5.41, 5.74) is 1.87. The van der Waals surface area contributed by atoms with Crippen molar-refractivity contribution in [3.05, 3.63) is 132 Å². The minimum absolute atomic E-state index is 0.701. The van der Waals surface area contributed by atoms with Crippen molar-refractivity contribution in [1.82, 2.24) is 4.98 Å². The van der Waals surface area contributed by atoms with Crippen LogP contribution >= 0.6 is 18.5 Å². The molecule has 0 saturated carbocycles. The van der Waals surface area contributed by atoms with Gasteiger partial charge in [0, 0.05) is 10.4 Å². The van der Waals surface area contributed by atoms with E-state index in [0.29, 0.717) is 5.02 Å². The fourth-order valence-electron chi connectivity index (χ4n) is 4.04. The second kappa shape index (κ2) is 8.55. The maximum absolute atomic E-state index is 6.25. The highest BCUT2D eigenvalue weighted by molar-refractivity contribution is 7.94. The zero-order valence-electron chi connectivity index (χ0n) is 16.9. The Kier molecular flexibility index (Phi) is 5.47. The highest BCUT2D eigenvalue weighted by Gasteiger charge is 2.25. The van der Waals surface area contributed by atoms with Gasteiger partial charge in [-0.05, 0) is 46.8 Å². The largest absolute Gasteiger partial charge is 0.248 e. The number of pyridine rings is 1. The third-order valence-corrected chi connectivity index (χ3v) is 9.72. The van der Waals surface area contributed by atoms with Gasteiger partial charge in [0.1, 0.15) is 0 Å². The molecule has 5 rings (SSSR count). The second-order valence-corrected chi connectivity index (χ2v) is 11.1. The molecule has 1 heterocycles. The smallest absolute Gasteiger partial charge is 0.0724 e. The summed E-state index contributed by atoms with van der Waals surface area (Å²) in [6.07, 6.45) is 0. The molecule has 0 spiro atoms. The van der Waals surface area contributed by atoms with E-state index in [0.717, 1.165) is 16.6 Å². The summed E-state index contributed by atoms with van der Waals surface area (Å²) in [4.78, 5) is 4.99. The van der Waals surface area contributed by atoms with Gasteiger partial charge < -0.3 is 0 Å². The van der Waals surface area contributed by atoms with Crippen LogP contribution in [0.2, 0.25) is 5.02 Å². The lowest BCUT2D eigenvalue weighted by atomic mass is 10.2. The highest BCUT2D eigenvalue weighted by atomic mass is 35.5. The molecule has 150 valence electrons. The van der Waals surface area contributed by atoms with Crippen LogP contribution in [0.25, 0.3) is 10.9 Å². The van der Waals surface area contributed by atoms with E-state index in [1.54, 1.807) is 0 Å². The Morgan fingerprint density at radius 3 is 1.58 bits per heavy atom. The molecule has 0 fully saturated rings. The number of halogens is 1. The van der Waals surface area contributed by atoms with Gasteiger partial charge in [-0.15, -0.1) is 0 Å². The summed E-state index contributed by atoms with van der Waals surface area (Å²) in [6.45, 7) is -2.09. The fourth-order valence-corrected chi connectivity index (χ4v) is 8.01. The lowest BCUT2D eigenvalue weighted by Gasteiger charge is -2.28. The summed E-state index contributed by atoms with van der Waals surface area (Å²) in [5.74, 6) is 2.38. The normalized spacial score (nSPS) is 11.4. The molecular weight excluding hydrogens is 417 g/mol. The van der Waals surface area contributed by atoms with Crippen LogP contribution in [-0.4, -0.2) is 10.8 Å². The predicted molar refractivity (Wildman–Crippen MR) is 137 cm³/mol. The number of nitrogens with zero attached hydrogens (tertiary/aromatic N) is 1. The van der Waals surface area contributed by atoms with Crippen molar-refractivity contribution in [2.24, 2.45) is 0 Å². The summed E-state index contributed by atoms with van der Waals surface area (Å²) in [5, 5.41) is 5.71. The Bertz CT molecular complexity index is 1280. The van der Waals surface area contributed by atoms with Gasteiger partial charge in [0.15, 0.2) is 0 Å². The van der Waals surface area contributed by atoms with E-state index >= 15 is 0 Å². The summed E-state index contributed by atoms with van der Waals surface area (Å²) < 4.78 is 0. The van der Waals surface area contributed by atoms with Gasteiger partial charge in [-0.3, -0.25) is 0 Å². The molecule has 0 radical (unpaired) electrons. The van der Waals surface area contributed by atoms with E-state index in [2.05, 4.69) is 109 Å². The quantitative estimate of drug-likeness (QED) is 0.313. The summed E-state index contributed by atoms with van der Waals surface area (Å²) >= 11 is 6.25. The molecule has 0 unspecified atom stereocenters. The summed E-state index contributed by atoms with van der Waals surface area (Å²) in [7, 11) is 0. The van der Waals surface area contributed by atoms with Gasteiger partial charge in [0.25, 0.3) is 0 Å². The first-order chi connectivity index (χ1) is 15.3. The fraction of sp³-hybridized carbons (Fsp3) is 0. The molecular formula is C28H21ClNP. The Morgan fingerprint density at radius 2 is 1.06 bits per heavy atom. The maximum Gasteiger partial charge on any atom is 0.0724 e. The molecule has 0 aliphatic heterocycles. The van der Waals surface area contributed by atoms with Gasteiger partial charge in [-0.25, -0.2) is 4.98 Å². The number of rotatable bonds is 4. The molecule has 1 aromatic heterocycles. The number of hydrogen-bond donors (Lipinski definition) is 0. The molecule has 1 nitrogen and oxygen atoms in total. The van der Waals surface area contributed by atoms with Crippen LogP contribution in [0.3, 0.4) is 0 Å². The lowest BCUT2D eigenvalue weighted by Crippen LogP contribution is -2.27. The van der Waals surface area contributed by atoms with E-state index in [4.69, 9.17) is 16.6 Å². The van der Waals surface area contributed by atoms with Crippen LogP contribution < -0.4 is 15.9 Å². The average Bonchev–Trinajstić information content (AvgIpc) is 2.84. The molecule has 0 aliphatic carbocycles. The average molecular weight is 438 g/mol. The third-order valence-electron chi connectivity index (χ3n) is 5.49. The van der Waals surface area contributed by atoms with Gasteiger partial charge >= 0.3 is 0 Å². The molecule has 0 bridgehead atoms. The Labute approximate surface area is 188 Å². The van der Waals surface area contributed by atoms with Crippen molar-refractivity contribution in [2.75, 3.05) is 0 Å². The van der Waals surface area contributed by atoms with Crippen molar-refractivity contribution in [3.63, 3.8) is 0 Å². The Morgan fingerprint density at radius 1 is 0.581 bits per heavy atom. The van der Waals surface area contributed by atoms with Gasteiger partial charge in [-0.2, -0.15) is 0 Å². The molecule has 0 atom stereocenters. The van der Waals surface area contributed by atoms with E-state index in [1.807, 2.05) is 18.2 Å². The van der Waals surface area contributed by atoms with Crippen molar-refractivity contribution >= 4 is 51.1 Å². The van der Waals surface area contributed by atoms with E-state index in [1.165, 1.54) is 15.9 Å². The van der Waals surface area contributed by atoms with Crippen LogP contribution in [0.5, 0.6) is 0 Å². The van der Waals surface area contributed by atoms with Crippen molar-refractivity contribution < 1.29 is 0 Å². The second-order valence-electron chi connectivity index (χ2n) is 7.43. The van der Waals surface area contributed by atoms with Crippen molar-refractivity contribution in [1.29, 1.82) is 0 Å². The molecule has 0 amide bonds. The molecule has 0 N–H and O–H groups in total. The number of fused-ring (bicyclic) bond motifs is 1. The maximum atomic E-state index is 6.25. The zero-order chi connectivity index (χ0) is 21.1. The van der Waals surface area contributed by atoms with Gasteiger partial charge in [0.05, 0.1) is 11.2 Å². The monoisotopic (exact) mass is 437 g/mol. The van der Waals surface area contributed by atoms with Crippen LogP contribution in [0.1, 0.15) is 5.69 Å². The van der Waals surface area contributed by atoms with Crippen molar-refractivity contribution in [2.45, 2.75) is 0 Å². The van der Waals surface area contributed by atoms with E-state index in [9.17, 15) is 0 Å². The SMILES string of the molecule is Clc1ccc2ccc(C=P(c3ccccc3)(c3ccccc3)c3ccccc3)nc2c1. The highest BCUT2D eigenvalue weighted by Crippen LogP contribution is 2.44. The van der Waals surface area contributed by atoms with E-state index in [-0.39, 0.29) is 0 Å². The minimum atomic E-state index is -2.09. The lowest BCUT2D eigenvalue weighted by molar-refractivity contribution is 1.39. The molecule has 3 heteroatoms. The third kappa shape index (κ3) is 3.83. The van der Waals surface area contributed by atoms with Crippen LogP contribution in [-0.2, 0) is 0 Å². The topological polar surface area (TPSA) is 12.9 Å². The molecule has 0 saturated heterocycles. The standard InChI is InChI=1S/C28H21ClNP/c29-23-18-16-22-17-19-24(30-28(22)20-23)21-31(25-10-4-1-5-11-25,26-12-6-2-7-13-26)27-14-8-3-9-15-27/h1-21H. The van der Waals surface area contributed by atoms with Crippen LogP contribution in [0.4, 0.5) is 0 Å².